The maximum atomic E-state index is 12.1. The summed E-state index contributed by atoms with van der Waals surface area (Å²) in [5.74, 6) is -0.00160. The average molecular weight is 311 g/mol. The summed E-state index contributed by atoms with van der Waals surface area (Å²) in [5, 5.41) is 0. The fraction of sp³-hybridized carbons (Fsp3) is 0.385. The van der Waals surface area contributed by atoms with E-state index in [0.717, 1.165) is 10.0 Å². The number of hydrogen-bond acceptors (Lipinski definition) is 2. The lowest BCUT2D eigenvalue weighted by molar-refractivity contribution is -0.129. The minimum absolute atomic E-state index is 0.0235. The number of halogens is 1. The van der Waals surface area contributed by atoms with E-state index < -0.39 is 0 Å². The Morgan fingerprint density at radius 1 is 1.44 bits per heavy atom. The Balaban J connectivity index is 2.34. The number of fused-ring (bicyclic) bond motifs is 1. The molecule has 1 aliphatic rings. The third-order valence-corrected chi connectivity index (χ3v) is 3.75. The number of benzene rings is 1. The zero-order valence-electron chi connectivity index (χ0n) is 10.6. The Morgan fingerprint density at radius 2 is 2.11 bits per heavy atom. The van der Waals surface area contributed by atoms with Gasteiger partial charge in [-0.25, -0.2) is 0 Å². The van der Waals surface area contributed by atoms with Crippen molar-refractivity contribution in [1.29, 1.82) is 0 Å². The van der Waals surface area contributed by atoms with Gasteiger partial charge in [-0.3, -0.25) is 9.59 Å². The summed E-state index contributed by atoms with van der Waals surface area (Å²) in [6.07, 6.45) is 0.323. The van der Waals surface area contributed by atoms with Crippen LogP contribution >= 0.6 is 15.9 Å². The van der Waals surface area contributed by atoms with Crippen LogP contribution in [0.1, 0.15) is 28.4 Å². The number of hydrogen-bond donors (Lipinski definition) is 0. The van der Waals surface area contributed by atoms with E-state index in [1.54, 1.807) is 30.9 Å². The Bertz CT molecular complexity index is 514. The molecule has 1 atom stereocenters. The predicted molar refractivity (Wildman–Crippen MR) is 72.3 cm³/mol. The van der Waals surface area contributed by atoms with Gasteiger partial charge in [0.1, 0.15) is 0 Å². The molecule has 0 saturated heterocycles. The molecule has 2 amide bonds. The number of nitrogens with zero attached hydrogens (tertiary/aromatic N) is 2. The lowest BCUT2D eigenvalue weighted by atomic mass is 10.0. The third-order valence-electron chi connectivity index (χ3n) is 3.26. The topological polar surface area (TPSA) is 40.6 Å². The van der Waals surface area contributed by atoms with Gasteiger partial charge in [-0.2, -0.15) is 0 Å². The van der Waals surface area contributed by atoms with E-state index in [-0.39, 0.29) is 17.9 Å². The molecular formula is C13H15BrN2O2. The smallest absolute Gasteiger partial charge is 0.254 e. The number of carbonyl (C=O) groups excluding carboxylic acids is 2. The van der Waals surface area contributed by atoms with Crippen LogP contribution < -0.4 is 0 Å². The number of carbonyl (C=O) groups is 2. The molecule has 1 aliphatic heterocycles. The zero-order chi connectivity index (χ0) is 13.4. The molecule has 0 radical (unpaired) electrons. The number of rotatable bonds is 2. The quantitative estimate of drug-likeness (QED) is 0.839. The van der Waals surface area contributed by atoms with Crippen molar-refractivity contribution in [3.8, 4) is 0 Å². The van der Waals surface area contributed by atoms with Gasteiger partial charge in [0.25, 0.3) is 5.91 Å². The summed E-state index contributed by atoms with van der Waals surface area (Å²) >= 11 is 3.36. The minimum Gasteiger partial charge on any atom is -0.349 e. The van der Waals surface area contributed by atoms with Crippen LogP contribution in [0.5, 0.6) is 0 Å². The summed E-state index contributed by atoms with van der Waals surface area (Å²) in [4.78, 5) is 27.1. The molecule has 0 bridgehead atoms. The normalized spacial score (nSPS) is 17.9. The first-order valence-corrected chi connectivity index (χ1v) is 6.48. The molecule has 1 unspecified atom stereocenters. The predicted octanol–water partition coefficient (Wildman–Crippen LogP) is 2.05. The summed E-state index contributed by atoms with van der Waals surface area (Å²) < 4.78 is 0.877. The van der Waals surface area contributed by atoms with Crippen molar-refractivity contribution in [2.75, 3.05) is 21.1 Å². The van der Waals surface area contributed by atoms with Gasteiger partial charge in [-0.05, 0) is 17.7 Å². The standard InChI is InChI=1S/C13H15BrN2O2/c1-15(2)12(17)7-11-9-5-4-8(14)6-10(9)13(18)16(11)3/h4-6,11H,7H2,1-3H3. The Morgan fingerprint density at radius 3 is 2.72 bits per heavy atom. The van der Waals surface area contributed by atoms with Crippen molar-refractivity contribution < 1.29 is 9.59 Å². The molecule has 0 fully saturated rings. The maximum absolute atomic E-state index is 12.1. The fourth-order valence-electron chi connectivity index (χ4n) is 2.14. The molecule has 0 spiro atoms. The Kier molecular flexibility index (Phi) is 3.43. The third kappa shape index (κ3) is 2.14. The molecule has 1 aromatic carbocycles. The fourth-order valence-corrected chi connectivity index (χ4v) is 2.50. The second-order valence-electron chi connectivity index (χ2n) is 4.66. The SMILES string of the molecule is CN(C)C(=O)CC1c2ccc(Br)cc2C(=O)N1C. The molecule has 1 aromatic rings. The van der Waals surface area contributed by atoms with Gasteiger partial charge in [0.15, 0.2) is 0 Å². The summed E-state index contributed by atoms with van der Waals surface area (Å²) in [6, 6.07) is 5.47. The maximum Gasteiger partial charge on any atom is 0.254 e. The van der Waals surface area contributed by atoms with E-state index in [2.05, 4.69) is 15.9 Å². The first kappa shape index (κ1) is 13.1. The van der Waals surface area contributed by atoms with E-state index in [9.17, 15) is 9.59 Å². The first-order chi connectivity index (χ1) is 8.41. The van der Waals surface area contributed by atoms with Gasteiger partial charge in [-0.1, -0.05) is 22.0 Å². The highest BCUT2D eigenvalue weighted by atomic mass is 79.9. The molecule has 0 saturated carbocycles. The van der Waals surface area contributed by atoms with Gasteiger partial charge in [0, 0.05) is 31.2 Å². The van der Waals surface area contributed by atoms with Gasteiger partial charge < -0.3 is 9.80 Å². The minimum atomic E-state index is -0.157. The van der Waals surface area contributed by atoms with Gasteiger partial charge >= 0.3 is 0 Å². The highest BCUT2D eigenvalue weighted by Crippen LogP contribution is 2.36. The lowest BCUT2D eigenvalue weighted by Crippen LogP contribution is -2.29. The van der Waals surface area contributed by atoms with Crippen LogP contribution in [0.25, 0.3) is 0 Å². The molecule has 1 heterocycles. The van der Waals surface area contributed by atoms with Crippen molar-refractivity contribution >= 4 is 27.7 Å². The largest absolute Gasteiger partial charge is 0.349 e. The van der Waals surface area contributed by atoms with Crippen molar-refractivity contribution in [2.24, 2.45) is 0 Å². The molecule has 2 rings (SSSR count). The van der Waals surface area contributed by atoms with Crippen LogP contribution in [0.2, 0.25) is 0 Å². The molecule has 96 valence electrons. The number of amides is 2. The van der Waals surface area contributed by atoms with Crippen LogP contribution in [0.4, 0.5) is 0 Å². The molecule has 0 N–H and O–H groups in total. The van der Waals surface area contributed by atoms with E-state index in [1.807, 2.05) is 18.2 Å². The van der Waals surface area contributed by atoms with E-state index in [1.165, 1.54) is 0 Å². The summed E-state index contributed by atoms with van der Waals surface area (Å²) in [7, 11) is 5.19. The van der Waals surface area contributed by atoms with Gasteiger partial charge in [0.05, 0.1) is 12.5 Å². The first-order valence-electron chi connectivity index (χ1n) is 5.68. The van der Waals surface area contributed by atoms with Crippen molar-refractivity contribution in [1.82, 2.24) is 9.80 Å². The molecule has 0 aliphatic carbocycles. The second kappa shape index (κ2) is 4.72. The zero-order valence-corrected chi connectivity index (χ0v) is 12.2. The molecule has 0 aromatic heterocycles. The molecule has 4 nitrogen and oxygen atoms in total. The summed E-state index contributed by atoms with van der Waals surface area (Å²) in [6.45, 7) is 0. The van der Waals surface area contributed by atoms with E-state index in [0.29, 0.717) is 12.0 Å². The lowest BCUT2D eigenvalue weighted by Gasteiger charge is -2.21. The van der Waals surface area contributed by atoms with Gasteiger partial charge in [-0.15, -0.1) is 0 Å². The molecule has 18 heavy (non-hydrogen) atoms. The van der Waals surface area contributed by atoms with E-state index in [4.69, 9.17) is 0 Å². The van der Waals surface area contributed by atoms with Crippen molar-refractivity contribution in [2.45, 2.75) is 12.5 Å². The van der Waals surface area contributed by atoms with Crippen LogP contribution in [-0.2, 0) is 4.79 Å². The monoisotopic (exact) mass is 310 g/mol. The summed E-state index contributed by atoms with van der Waals surface area (Å²) in [5.41, 5.74) is 1.62. The van der Waals surface area contributed by atoms with Crippen molar-refractivity contribution in [3.63, 3.8) is 0 Å². The molecule has 5 heteroatoms. The van der Waals surface area contributed by atoms with E-state index >= 15 is 0 Å². The Hall–Kier alpha value is -1.36. The average Bonchev–Trinajstić information content (AvgIpc) is 2.54. The highest BCUT2D eigenvalue weighted by Gasteiger charge is 2.35. The van der Waals surface area contributed by atoms with Crippen molar-refractivity contribution in [3.05, 3.63) is 33.8 Å². The van der Waals surface area contributed by atoms with Crippen LogP contribution in [-0.4, -0.2) is 42.8 Å². The van der Waals surface area contributed by atoms with Crippen LogP contribution in [0.3, 0.4) is 0 Å². The highest BCUT2D eigenvalue weighted by molar-refractivity contribution is 9.10. The van der Waals surface area contributed by atoms with Crippen LogP contribution in [0, 0.1) is 0 Å². The molecular weight excluding hydrogens is 296 g/mol. The van der Waals surface area contributed by atoms with Gasteiger partial charge in [0.2, 0.25) is 5.91 Å². The second-order valence-corrected chi connectivity index (χ2v) is 5.57. The van der Waals surface area contributed by atoms with Crippen LogP contribution in [0.15, 0.2) is 22.7 Å². The Labute approximate surface area is 115 Å².